The van der Waals surface area contributed by atoms with Gasteiger partial charge in [-0.2, -0.15) is 5.10 Å². The first-order valence-corrected chi connectivity index (χ1v) is 8.36. The number of carbonyl (C=O) groups excluding carboxylic acids is 1. The standard InChI is InChI=1S/C19H16FN5O2/c1-10(12-8-21-22-9-12)23-18(26)14-7-16(13-5-3-4-6-15(13)20)24-19-17(14)11(2)25-27-19/h3-10H,1-2H3,(H,21,22)(H,23,26)/t10-/m1/s1. The summed E-state index contributed by atoms with van der Waals surface area (Å²) in [4.78, 5) is 17.3. The van der Waals surface area contributed by atoms with Crippen LogP contribution in [0.4, 0.5) is 4.39 Å². The van der Waals surface area contributed by atoms with E-state index in [9.17, 15) is 9.18 Å². The van der Waals surface area contributed by atoms with Gasteiger partial charge in [0, 0.05) is 17.3 Å². The van der Waals surface area contributed by atoms with E-state index in [1.807, 2.05) is 6.92 Å². The molecule has 1 atom stereocenters. The van der Waals surface area contributed by atoms with Crippen LogP contribution in [0.5, 0.6) is 0 Å². The van der Waals surface area contributed by atoms with Crippen LogP contribution in [-0.4, -0.2) is 26.2 Å². The predicted molar refractivity (Wildman–Crippen MR) is 96.4 cm³/mol. The summed E-state index contributed by atoms with van der Waals surface area (Å²) in [5.74, 6) is -0.765. The molecule has 2 N–H and O–H groups in total. The quantitative estimate of drug-likeness (QED) is 0.576. The van der Waals surface area contributed by atoms with Crippen LogP contribution < -0.4 is 5.32 Å². The minimum atomic E-state index is -0.432. The van der Waals surface area contributed by atoms with Crippen molar-refractivity contribution in [2.24, 2.45) is 0 Å². The molecule has 0 aliphatic heterocycles. The molecule has 1 aromatic carbocycles. The summed E-state index contributed by atoms with van der Waals surface area (Å²) in [6.07, 6.45) is 3.35. The van der Waals surface area contributed by atoms with Gasteiger partial charge < -0.3 is 9.84 Å². The van der Waals surface area contributed by atoms with E-state index in [1.165, 1.54) is 6.07 Å². The highest BCUT2D eigenvalue weighted by Crippen LogP contribution is 2.28. The molecule has 3 aromatic heterocycles. The number of H-pyrrole nitrogens is 1. The van der Waals surface area contributed by atoms with E-state index in [4.69, 9.17) is 4.52 Å². The summed E-state index contributed by atoms with van der Waals surface area (Å²) in [5.41, 5.74) is 2.48. The van der Waals surface area contributed by atoms with E-state index in [2.05, 4.69) is 25.7 Å². The summed E-state index contributed by atoms with van der Waals surface area (Å²) in [6.45, 7) is 3.58. The first-order valence-electron chi connectivity index (χ1n) is 8.36. The lowest BCUT2D eigenvalue weighted by molar-refractivity contribution is 0.0941. The van der Waals surface area contributed by atoms with Crippen molar-refractivity contribution < 1.29 is 13.7 Å². The Bertz CT molecular complexity index is 1120. The number of hydrogen-bond donors (Lipinski definition) is 2. The van der Waals surface area contributed by atoms with E-state index < -0.39 is 5.82 Å². The Kier molecular flexibility index (Phi) is 4.15. The number of pyridine rings is 1. The monoisotopic (exact) mass is 365 g/mol. The molecule has 4 aromatic rings. The smallest absolute Gasteiger partial charge is 0.259 e. The van der Waals surface area contributed by atoms with Crippen LogP contribution in [0.25, 0.3) is 22.4 Å². The van der Waals surface area contributed by atoms with Crippen LogP contribution >= 0.6 is 0 Å². The molecule has 27 heavy (non-hydrogen) atoms. The molecular weight excluding hydrogens is 349 g/mol. The van der Waals surface area contributed by atoms with Crippen molar-refractivity contribution in [1.29, 1.82) is 0 Å². The molecule has 1 amide bonds. The topological polar surface area (TPSA) is 96.7 Å². The van der Waals surface area contributed by atoms with Crippen LogP contribution in [0.2, 0.25) is 0 Å². The molecule has 0 saturated carbocycles. The second-order valence-electron chi connectivity index (χ2n) is 6.21. The van der Waals surface area contributed by atoms with E-state index in [-0.39, 0.29) is 23.2 Å². The van der Waals surface area contributed by atoms with Gasteiger partial charge in [0.1, 0.15) is 5.82 Å². The van der Waals surface area contributed by atoms with Gasteiger partial charge in [0.25, 0.3) is 11.6 Å². The molecule has 0 unspecified atom stereocenters. The average molecular weight is 365 g/mol. The summed E-state index contributed by atoms with van der Waals surface area (Å²) in [5, 5.41) is 13.9. The number of halogens is 1. The van der Waals surface area contributed by atoms with E-state index in [1.54, 1.807) is 43.6 Å². The van der Waals surface area contributed by atoms with Crippen molar-refractivity contribution in [2.45, 2.75) is 19.9 Å². The lowest BCUT2D eigenvalue weighted by Crippen LogP contribution is -2.26. The number of nitrogens with one attached hydrogen (secondary N) is 2. The number of aryl methyl sites for hydroxylation is 1. The Hall–Kier alpha value is -3.55. The fourth-order valence-corrected chi connectivity index (χ4v) is 2.94. The van der Waals surface area contributed by atoms with Crippen molar-refractivity contribution in [3.63, 3.8) is 0 Å². The molecule has 0 saturated heterocycles. The third-order valence-corrected chi connectivity index (χ3v) is 4.38. The molecule has 136 valence electrons. The minimum Gasteiger partial charge on any atom is -0.345 e. The number of aromatic amines is 1. The van der Waals surface area contributed by atoms with Gasteiger partial charge in [0.15, 0.2) is 0 Å². The minimum absolute atomic E-state index is 0.189. The molecule has 0 aliphatic rings. The van der Waals surface area contributed by atoms with Gasteiger partial charge >= 0.3 is 0 Å². The van der Waals surface area contributed by atoms with Crippen LogP contribution in [-0.2, 0) is 0 Å². The number of amides is 1. The fourth-order valence-electron chi connectivity index (χ4n) is 2.94. The molecule has 3 heterocycles. The molecule has 8 heteroatoms. The first kappa shape index (κ1) is 16.9. The van der Waals surface area contributed by atoms with Gasteiger partial charge in [-0.25, -0.2) is 9.37 Å². The molecule has 0 radical (unpaired) electrons. The lowest BCUT2D eigenvalue weighted by atomic mass is 10.0. The molecule has 4 rings (SSSR count). The number of carbonyl (C=O) groups is 1. The Morgan fingerprint density at radius 2 is 2.15 bits per heavy atom. The van der Waals surface area contributed by atoms with Crippen LogP contribution in [0.15, 0.2) is 47.2 Å². The highest BCUT2D eigenvalue weighted by atomic mass is 19.1. The van der Waals surface area contributed by atoms with E-state index in [0.29, 0.717) is 22.3 Å². The summed E-state index contributed by atoms with van der Waals surface area (Å²) in [7, 11) is 0. The van der Waals surface area contributed by atoms with Crippen molar-refractivity contribution in [3.8, 4) is 11.3 Å². The SMILES string of the molecule is Cc1noc2nc(-c3ccccc3F)cc(C(=O)N[C@H](C)c3cn[nH]c3)c12. The van der Waals surface area contributed by atoms with E-state index in [0.717, 1.165) is 5.56 Å². The van der Waals surface area contributed by atoms with Crippen molar-refractivity contribution in [2.75, 3.05) is 0 Å². The first-order chi connectivity index (χ1) is 13.0. The molecule has 0 bridgehead atoms. The normalized spacial score (nSPS) is 12.3. The van der Waals surface area contributed by atoms with Crippen LogP contribution in [0, 0.1) is 12.7 Å². The van der Waals surface area contributed by atoms with Gasteiger partial charge in [-0.05, 0) is 32.0 Å². The number of fused-ring (bicyclic) bond motifs is 1. The zero-order valence-electron chi connectivity index (χ0n) is 14.7. The zero-order chi connectivity index (χ0) is 19.0. The van der Waals surface area contributed by atoms with Gasteiger partial charge in [-0.1, -0.05) is 17.3 Å². The number of nitrogens with zero attached hydrogens (tertiary/aromatic N) is 3. The Labute approximate surface area is 153 Å². The van der Waals surface area contributed by atoms with Crippen molar-refractivity contribution in [3.05, 3.63) is 65.4 Å². The predicted octanol–water partition coefficient (Wildman–Crippen LogP) is 3.55. The third kappa shape index (κ3) is 3.05. The van der Waals surface area contributed by atoms with Crippen LogP contribution in [0.1, 0.15) is 34.6 Å². The maximum atomic E-state index is 14.2. The van der Waals surface area contributed by atoms with Crippen molar-refractivity contribution in [1.82, 2.24) is 25.7 Å². The summed E-state index contributed by atoms with van der Waals surface area (Å²) in [6, 6.07) is 7.53. The van der Waals surface area contributed by atoms with Gasteiger partial charge in [-0.3, -0.25) is 9.89 Å². The number of rotatable bonds is 4. The number of aromatic nitrogens is 4. The Morgan fingerprint density at radius 1 is 1.33 bits per heavy atom. The Morgan fingerprint density at radius 3 is 2.89 bits per heavy atom. The average Bonchev–Trinajstić information content (AvgIpc) is 3.32. The van der Waals surface area contributed by atoms with Crippen molar-refractivity contribution >= 4 is 17.0 Å². The molecule has 0 fully saturated rings. The van der Waals surface area contributed by atoms with Gasteiger partial charge in [-0.15, -0.1) is 0 Å². The number of hydrogen-bond acceptors (Lipinski definition) is 5. The second-order valence-corrected chi connectivity index (χ2v) is 6.21. The number of benzene rings is 1. The fraction of sp³-hybridized carbons (Fsp3) is 0.158. The Balaban J connectivity index is 1.80. The van der Waals surface area contributed by atoms with E-state index >= 15 is 0 Å². The largest absolute Gasteiger partial charge is 0.345 e. The third-order valence-electron chi connectivity index (χ3n) is 4.38. The highest BCUT2D eigenvalue weighted by Gasteiger charge is 2.21. The summed E-state index contributed by atoms with van der Waals surface area (Å²) >= 11 is 0. The van der Waals surface area contributed by atoms with Gasteiger partial charge in [0.05, 0.1) is 34.6 Å². The van der Waals surface area contributed by atoms with Gasteiger partial charge in [0.2, 0.25) is 0 Å². The molecule has 0 aliphatic carbocycles. The zero-order valence-corrected chi connectivity index (χ0v) is 14.7. The molecular formula is C19H16FN5O2. The van der Waals surface area contributed by atoms with Crippen LogP contribution in [0.3, 0.4) is 0 Å². The lowest BCUT2D eigenvalue weighted by Gasteiger charge is -2.13. The maximum Gasteiger partial charge on any atom is 0.259 e. The second kappa shape index (κ2) is 6.64. The summed E-state index contributed by atoms with van der Waals surface area (Å²) < 4.78 is 19.5. The maximum absolute atomic E-state index is 14.2. The molecule has 0 spiro atoms. The highest BCUT2D eigenvalue weighted by molar-refractivity contribution is 6.07. The molecule has 7 nitrogen and oxygen atoms in total.